The van der Waals surface area contributed by atoms with Gasteiger partial charge in [0.2, 0.25) is 0 Å². The van der Waals surface area contributed by atoms with Gasteiger partial charge in [0.25, 0.3) is 0 Å². The highest BCUT2D eigenvalue weighted by Crippen LogP contribution is 2.25. The van der Waals surface area contributed by atoms with Crippen LogP contribution >= 0.6 is 15.9 Å². The average Bonchev–Trinajstić information content (AvgIpc) is 2.40. The molecule has 1 aromatic rings. The normalized spacial score (nSPS) is 13.4. The minimum atomic E-state index is 0.392. The first-order valence-electron chi connectivity index (χ1n) is 3.69. The molecule has 1 unspecified atom stereocenters. The number of rotatable bonds is 3. The molecule has 1 atom stereocenters. The molecule has 3 heteroatoms. The Hall–Kier alpha value is -0.280. The van der Waals surface area contributed by atoms with Gasteiger partial charge in [0.15, 0.2) is 4.67 Å². The largest absolute Gasteiger partial charge is 0.457 e. The summed E-state index contributed by atoms with van der Waals surface area (Å²) in [6.07, 6.45) is 2.76. The minimum Gasteiger partial charge on any atom is -0.457 e. The molecule has 0 bridgehead atoms. The maximum Gasteiger partial charge on any atom is 0.173 e. The number of halogens is 1. The Kier molecular flexibility index (Phi) is 3.15. The van der Waals surface area contributed by atoms with Crippen molar-refractivity contribution in [2.24, 2.45) is 0 Å². The van der Waals surface area contributed by atoms with Crippen molar-refractivity contribution >= 4 is 15.9 Å². The maximum absolute atomic E-state index is 5.13. The van der Waals surface area contributed by atoms with Crippen LogP contribution < -0.4 is 5.32 Å². The Labute approximate surface area is 75.1 Å². The second-order valence-electron chi connectivity index (χ2n) is 2.40. The summed E-state index contributed by atoms with van der Waals surface area (Å²) in [5.41, 5.74) is 1.19. The fourth-order valence-electron chi connectivity index (χ4n) is 1.13. The van der Waals surface area contributed by atoms with Gasteiger partial charge in [-0.05, 0) is 35.5 Å². The highest BCUT2D eigenvalue weighted by atomic mass is 79.9. The Morgan fingerprint density at radius 2 is 2.45 bits per heavy atom. The van der Waals surface area contributed by atoms with E-state index >= 15 is 0 Å². The first kappa shape index (κ1) is 8.81. The predicted octanol–water partition coefficient (Wildman–Crippen LogP) is 2.71. The standard InChI is InChI=1S/C8H12BrNO/c1-3-7(10-2)6-4-5-11-8(6)9/h4-5,7,10H,3H2,1-2H3. The van der Waals surface area contributed by atoms with Crippen molar-refractivity contribution in [2.45, 2.75) is 19.4 Å². The molecular formula is C8H12BrNO. The minimum absolute atomic E-state index is 0.392. The topological polar surface area (TPSA) is 25.2 Å². The molecule has 1 heterocycles. The summed E-state index contributed by atoms with van der Waals surface area (Å²) in [5, 5.41) is 3.20. The van der Waals surface area contributed by atoms with Crippen LogP contribution in [0.25, 0.3) is 0 Å². The Bertz CT molecular complexity index is 218. The van der Waals surface area contributed by atoms with Crippen molar-refractivity contribution in [3.05, 3.63) is 22.6 Å². The Morgan fingerprint density at radius 3 is 2.82 bits per heavy atom. The van der Waals surface area contributed by atoms with Gasteiger partial charge in [-0.3, -0.25) is 0 Å². The molecule has 1 N–H and O–H groups in total. The maximum atomic E-state index is 5.13. The van der Waals surface area contributed by atoms with Crippen LogP contribution in [0.2, 0.25) is 0 Å². The molecule has 0 saturated heterocycles. The zero-order valence-electron chi connectivity index (χ0n) is 6.73. The lowest BCUT2D eigenvalue weighted by Gasteiger charge is -2.11. The summed E-state index contributed by atoms with van der Waals surface area (Å²) in [6.45, 7) is 2.14. The van der Waals surface area contributed by atoms with Gasteiger partial charge in [-0.1, -0.05) is 6.92 Å². The van der Waals surface area contributed by atoms with Crippen LogP contribution in [-0.4, -0.2) is 7.05 Å². The average molecular weight is 218 g/mol. The number of hydrogen-bond donors (Lipinski definition) is 1. The van der Waals surface area contributed by atoms with E-state index < -0.39 is 0 Å². The van der Waals surface area contributed by atoms with Crippen molar-refractivity contribution in [1.29, 1.82) is 0 Å². The first-order chi connectivity index (χ1) is 5.29. The molecule has 0 saturated carbocycles. The molecule has 1 rings (SSSR count). The van der Waals surface area contributed by atoms with Crippen molar-refractivity contribution in [2.75, 3.05) is 7.05 Å². The quantitative estimate of drug-likeness (QED) is 0.843. The third kappa shape index (κ3) is 1.84. The molecule has 0 aliphatic carbocycles. The molecule has 1 aromatic heterocycles. The summed E-state index contributed by atoms with van der Waals surface area (Å²) in [7, 11) is 1.95. The van der Waals surface area contributed by atoms with Gasteiger partial charge < -0.3 is 9.73 Å². The lowest BCUT2D eigenvalue weighted by Crippen LogP contribution is -2.14. The summed E-state index contributed by atoms with van der Waals surface area (Å²) in [6, 6.07) is 2.37. The SMILES string of the molecule is CCC(NC)c1ccoc1Br. The molecule has 0 amide bonds. The third-order valence-electron chi connectivity index (χ3n) is 1.78. The van der Waals surface area contributed by atoms with Crippen LogP contribution in [0.1, 0.15) is 24.9 Å². The van der Waals surface area contributed by atoms with Crippen LogP contribution in [0.4, 0.5) is 0 Å². The van der Waals surface area contributed by atoms with Crippen LogP contribution in [0.5, 0.6) is 0 Å². The van der Waals surface area contributed by atoms with Gasteiger partial charge in [0, 0.05) is 11.6 Å². The smallest absolute Gasteiger partial charge is 0.173 e. The summed E-state index contributed by atoms with van der Waals surface area (Å²) < 4.78 is 5.96. The highest BCUT2D eigenvalue weighted by Gasteiger charge is 2.11. The molecule has 62 valence electrons. The molecule has 0 fully saturated rings. The molecule has 11 heavy (non-hydrogen) atoms. The van der Waals surface area contributed by atoms with Gasteiger partial charge in [-0.2, -0.15) is 0 Å². The van der Waals surface area contributed by atoms with E-state index in [0.29, 0.717) is 6.04 Å². The van der Waals surface area contributed by atoms with Gasteiger partial charge in [0.1, 0.15) is 0 Å². The molecule has 0 spiro atoms. The predicted molar refractivity (Wildman–Crippen MR) is 48.5 cm³/mol. The molecule has 0 aliphatic heterocycles. The molecule has 2 nitrogen and oxygen atoms in total. The number of hydrogen-bond acceptors (Lipinski definition) is 2. The zero-order valence-corrected chi connectivity index (χ0v) is 8.31. The Balaban J connectivity index is 2.81. The van der Waals surface area contributed by atoms with E-state index in [1.807, 2.05) is 13.1 Å². The van der Waals surface area contributed by atoms with Gasteiger partial charge >= 0.3 is 0 Å². The second kappa shape index (κ2) is 3.93. The highest BCUT2D eigenvalue weighted by molar-refractivity contribution is 9.10. The van der Waals surface area contributed by atoms with Gasteiger partial charge in [0.05, 0.1) is 6.26 Å². The fraction of sp³-hybridized carbons (Fsp3) is 0.500. The molecule has 0 radical (unpaired) electrons. The van der Waals surface area contributed by atoms with E-state index in [2.05, 4.69) is 28.2 Å². The Morgan fingerprint density at radius 1 is 1.73 bits per heavy atom. The van der Waals surface area contributed by atoms with Crippen molar-refractivity contribution in [3.8, 4) is 0 Å². The number of nitrogens with one attached hydrogen (secondary N) is 1. The van der Waals surface area contributed by atoms with Crippen LogP contribution in [0.3, 0.4) is 0 Å². The lowest BCUT2D eigenvalue weighted by molar-refractivity contribution is 0.514. The monoisotopic (exact) mass is 217 g/mol. The summed E-state index contributed by atoms with van der Waals surface area (Å²) >= 11 is 3.34. The number of furan rings is 1. The third-order valence-corrected chi connectivity index (χ3v) is 2.42. The zero-order chi connectivity index (χ0) is 8.27. The van der Waals surface area contributed by atoms with Gasteiger partial charge in [-0.15, -0.1) is 0 Å². The van der Waals surface area contributed by atoms with E-state index in [1.165, 1.54) is 5.56 Å². The van der Waals surface area contributed by atoms with Crippen LogP contribution in [0, 0.1) is 0 Å². The van der Waals surface area contributed by atoms with Crippen LogP contribution in [0.15, 0.2) is 21.4 Å². The molecule has 0 aromatic carbocycles. The van der Waals surface area contributed by atoms with Gasteiger partial charge in [-0.25, -0.2) is 0 Å². The van der Waals surface area contributed by atoms with Crippen LogP contribution in [-0.2, 0) is 0 Å². The summed E-state index contributed by atoms with van der Waals surface area (Å²) in [4.78, 5) is 0. The lowest BCUT2D eigenvalue weighted by atomic mass is 10.1. The molecule has 0 aliphatic rings. The van der Waals surface area contributed by atoms with E-state index in [-0.39, 0.29) is 0 Å². The second-order valence-corrected chi connectivity index (χ2v) is 3.12. The summed E-state index contributed by atoms with van der Waals surface area (Å²) in [5.74, 6) is 0. The van der Waals surface area contributed by atoms with Crippen molar-refractivity contribution < 1.29 is 4.42 Å². The van der Waals surface area contributed by atoms with Crippen molar-refractivity contribution in [1.82, 2.24) is 5.32 Å². The van der Waals surface area contributed by atoms with E-state index in [1.54, 1.807) is 6.26 Å². The fourth-order valence-corrected chi connectivity index (χ4v) is 1.65. The molecular weight excluding hydrogens is 206 g/mol. The first-order valence-corrected chi connectivity index (χ1v) is 4.49. The van der Waals surface area contributed by atoms with E-state index in [0.717, 1.165) is 11.1 Å². The van der Waals surface area contributed by atoms with Crippen molar-refractivity contribution in [3.63, 3.8) is 0 Å². The van der Waals surface area contributed by atoms with E-state index in [4.69, 9.17) is 4.42 Å². The van der Waals surface area contributed by atoms with E-state index in [9.17, 15) is 0 Å².